The van der Waals surface area contributed by atoms with Crippen LogP contribution < -0.4 is 10.2 Å². The van der Waals surface area contributed by atoms with Crippen molar-refractivity contribution in [2.75, 3.05) is 30.4 Å². The number of rotatable bonds is 6. The van der Waals surface area contributed by atoms with Crippen LogP contribution in [0.3, 0.4) is 0 Å². The summed E-state index contributed by atoms with van der Waals surface area (Å²) in [5.74, 6) is 2.71. The van der Waals surface area contributed by atoms with E-state index in [0.717, 1.165) is 29.4 Å². The number of nitrogens with zero attached hydrogens (tertiary/aromatic N) is 3. The minimum atomic E-state index is 0.163. The SMILES string of the molecule is CCc1nc(NC)c(C)c(N(CCO)C2CC2)n1. The van der Waals surface area contributed by atoms with Crippen LogP contribution in [-0.2, 0) is 6.42 Å². The second-order valence-corrected chi connectivity index (χ2v) is 4.69. The average Bonchev–Trinajstić information content (AvgIpc) is 3.21. The number of aromatic nitrogens is 2. The zero-order chi connectivity index (χ0) is 13.1. The summed E-state index contributed by atoms with van der Waals surface area (Å²) in [5.41, 5.74) is 1.06. The van der Waals surface area contributed by atoms with E-state index in [9.17, 15) is 5.11 Å². The molecular formula is C13H22N4O. The van der Waals surface area contributed by atoms with Crippen LogP contribution in [0.15, 0.2) is 0 Å². The highest BCUT2D eigenvalue weighted by Gasteiger charge is 2.31. The van der Waals surface area contributed by atoms with Crippen LogP contribution in [0.5, 0.6) is 0 Å². The average molecular weight is 250 g/mol. The molecule has 1 aromatic rings. The lowest BCUT2D eigenvalue weighted by Gasteiger charge is -2.25. The molecule has 0 aromatic carbocycles. The summed E-state index contributed by atoms with van der Waals surface area (Å²) in [7, 11) is 1.88. The first-order valence-electron chi connectivity index (χ1n) is 6.64. The Morgan fingerprint density at radius 1 is 1.39 bits per heavy atom. The monoisotopic (exact) mass is 250 g/mol. The number of anilines is 2. The van der Waals surface area contributed by atoms with Gasteiger partial charge in [-0.1, -0.05) is 6.92 Å². The highest BCUT2D eigenvalue weighted by molar-refractivity contribution is 5.59. The Kier molecular flexibility index (Phi) is 4.01. The third-order valence-electron chi connectivity index (χ3n) is 3.32. The Balaban J connectivity index is 2.39. The largest absolute Gasteiger partial charge is 0.395 e. The van der Waals surface area contributed by atoms with Crippen molar-refractivity contribution in [3.63, 3.8) is 0 Å². The maximum absolute atomic E-state index is 9.22. The van der Waals surface area contributed by atoms with Crippen molar-refractivity contribution in [2.45, 2.75) is 39.2 Å². The Bertz CT molecular complexity index is 418. The molecule has 2 rings (SSSR count). The van der Waals surface area contributed by atoms with Gasteiger partial charge in [-0.15, -0.1) is 0 Å². The van der Waals surface area contributed by atoms with Crippen molar-refractivity contribution in [3.8, 4) is 0 Å². The third-order valence-corrected chi connectivity index (χ3v) is 3.32. The number of aryl methyl sites for hydroxylation is 1. The first kappa shape index (κ1) is 13.1. The van der Waals surface area contributed by atoms with Gasteiger partial charge in [-0.3, -0.25) is 0 Å². The Hall–Kier alpha value is -1.36. The zero-order valence-corrected chi connectivity index (χ0v) is 11.4. The van der Waals surface area contributed by atoms with E-state index >= 15 is 0 Å². The summed E-state index contributed by atoms with van der Waals surface area (Å²) >= 11 is 0. The number of hydrogen-bond donors (Lipinski definition) is 2. The number of aliphatic hydroxyl groups excluding tert-OH is 1. The molecule has 0 saturated heterocycles. The highest BCUT2D eigenvalue weighted by atomic mass is 16.3. The topological polar surface area (TPSA) is 61.3 Å². The van der Waals surface area contributed by atoms with Gasteiger partial charge in [-0.25, -0.2) is 9.97 Å². The van der Waals surface area contributed by atoms with Crippen LogP contribution >= 0.6 is 0 Å². The van der Waals surface area contributed by atoms with Gasteiger partial charge in [-0.2, -0.15) is 0 Å². The van der Waals surface area contributed by atoms with Gasteiger partial charge in [-0.05, 0) is 19.8 Å². The molecule has 0 amide bonds. The minimum Gasteiger partial charge on any atom is -0.395 e. The van der Waals surface area contributed by atoms with Crippen LogP contribution in [0, 0.1) is 6.92 Å². The molecular weight excluding hydrogens is 228 g/mol. The summed E-state index contributed by atoms with van der Waals surface area (Å²) in [6, 6.07) is 0.542. The maximum Gasteiger partial charge on any atom is 0.137 e. The van der Waals surface area contributed by atoms with Crippen molar-refractivity contribution in [1.82, 2.24) is 9.97 Å². The van der Waals surface area contributed by atoms with Gasteiger partial charge in [0.1, 0.15) is 17.5 Å². The molecule has 0 unspecified atom stereocenters. The predicted molar refractivity (Wildman–Crippen MR) is 73.1 cm³/mol. The molecule has 0 spiro atoms. The van der Waals surface area contributed by atoms with Crippen molar-refractivity contribution in [1.29, 1.82) is 0 Å². The van der Waals surface area contributed by atoms with Crippen molar-refractivity contribution in [2.24, 2.45) is 0 Å². The molecule has 100 valence electrons. The van der Waals surface area contributed by atoms with Crippen LogP contribution in [0.2, 0.25) is 0 Å². The Morgan fingerprint density at radius 2 is 2.11 bits per heavy atom. The van der Waals surface area contributed by atoms with Crippen molar-refractivity contribution < 1.29 is 5.11 Å². The van der Waals surface area contributed by atoms with E-state index in [0.29, 0.717) is 12.6 Å². The lowest BCUT2D eigenvalue weighted by atomic mass is 10.2. The standard InChI is InChI=1S/C13H22N4O/c1-4-11-15-12(14-3)9(2)13(16-11)17(7-8-18)10-5-6-10/h10,18H,4-8H2,1-3H3,(H,14,15,16). The molecule has 1 heterocycles. The van der Waals surface area contributed by atoms with Gasteiger partial charge >= 0.3 is 0 Å². The fraction of sp³-hybridized carbons (Fsp3) is 0.692. The van der Waals surface area contributed by atoms with Crippen molar-refractivity contribution >= 4 is 11.6 Å². The van der Waals surface area contributed by atoms with E-state index in [2.05, 4.69) is 27.1 Å². The van der Waals surface area contributed by atoms with Gasteiger partial charge in [0.15, 0.2) is 0 Å². The predicted octanol–water partition coefficient (Wildman–Crippen LogP) is 1.35. The molecule has 1 aliphatic rings. The third kappa shape index (κ3) is 2.56. The summed E-state index contributed by atoms with van der Waals surface area (Å²) in [6.45, 7) is 4.90. The van der Waals surface area contributed by atoms with E-state index in [-0.39, 0.29) is 6.61 Å². The van der Waals surface area contributed by atoms with Gasteiger partial charge in [0, 0.05) is 31.6 Å². The van der Waals surface area contributed by atoms with Gasteiger partial charge in [0.05, 0.1) is 6.61 Å². The fourth-order valence-corrected chi connectivity index (χ4v) is 2.19. The summed E-state index contributed by atoms with van der Waals surface area (Å²) in [5, 5.41) is 12.3. The fourth-order valence-electron chi connectivity index (χ4n) is 2.19. The van der Waals surface area contributed by atoms with Gasteiger partial charge < -0.3 is 15.3 Å². The number of aliphatic hydroxyl groups is 1. The molecule has 18 heavy (non-hydrogen) atoms. The molecule has 1 aliphatic carbocycles. The molecule has 1 saturated carbocycles. The van der Waals surface area contributed by atoms with Gasteiger partial charge in [0.2, 0.25) is 0 Å². The second kappa shape index (κ2) is 5.52. The van der Waals surface area contributed by atoms with Crippen LogP contribution in [0.25, 0.3) is 0 Å². The zero-order valence-electron chi connectivity index (χ0n) is 11.4. The second-order valence-electron chi connectivity index (χ2n) is 4.69. The van der Waals surface area contributed by atoms with Crippen molar-refractivity contribution in [3.05, 3.63) is 11.4 Å². The number of nitrogens with one attached hydrogen (secondary N) is 1. The quantitative estimate of drug-likeness (QED) is 0.798. The number of hydrogen-bond acceptors (Lipinski definition) is 5. The first-order chi connectivity index (χ1) is 8.71. The highest BCUT2D eigenvalue weighted by Crippen LogP contribution is 2.33. The Labute approximate surface area is 108 Å². The van der Waals surface area contributed by atoms with Crippen LogP contribution in [0.4, 0.5) is 11.6 Å². The van der Waals surface area contributed by atoms with Crippen LogP contribution in [0.1, 0.15) is 31.2 Å². The summed E-state index contributed by atoms with van der Waals surface area (Å²) < 4.78 is 0. The Morgan fingerprint density at radius 3 is 2.61 bits per heavy atom. The molecule has 0 aliphatic heterocycles. The normalized spacial score (nSPS) is 14.7. The lowest BCUT2D eigenvalue weighted by Crippen LogP contribution is -2.31. The molecule has 0 bridgehead atoms. The molecule has 1 aromatic heterocycles. The van der Waals surface area contributed by atoms with E-state index in [1.165, 1.54) is 12.8 Å². The van der Waals surface area contributed by atoms with Crippen LogP contribution in [-0.4, -0.2) is 41.3 Å². The summed E-state index contributed by atoms with van der Waals surface area (Å²) in [4.78, 5) is 11.3. The lowest BCUT2D eigenvalue weighted by molar-refractivity contribution is 0.301. The van der Waals surface area contributed by atoms with E-state index in [1.54, 1.807) is 0 Å². The van der Waals surface area contributed by atoms with Gasteiger partial charge in [0.25, 0.3) is 0 Å². The molecule has 2 N–H and O–H groups in total. The van der Waals surface area contributed by atoms with E-state index in [4.69, 9.17) is 0 Å². The van der Waals surface area contributed by atoms with E-state index in [1.807, 2.05) is 14.0 Å². The first-order valence-corrected chi connectivity index (χ1v) is 6.64. The minimum absolute atomic E-state index is 0.163. The molecule has 0 radical (unpaired) electrons. The smallest absolute Gasteiger partial charge is 0.137 e. The molecule has 0 atom stereocenters. The van der Waals surface area contributed by atoms with E-state index < -0.39 is 0 Å². The molecule has 1 fully saturated rings. The molecule has 5 heteroatoms. The summed E-state index contributed by atoms with van der Waals surface area (Å²) in [6.07, 6.45) is 3.21. The maximum atomic E-state index is 9.22. The molecule has 5 nitrogen and oxygen atoms in total.